The van der Waals surface area contributed by atoms with Crippen molar-refractivity contribution >= 4 is 23.3 Å². The Labute approximate surface area is 172 Å². The molecule has 2 aromatic carbocycles. The van der Waals surface area contributed by atoms with Gasteiger partial charge in [-0.25, -0.2) is 0 Å². The van der Waals surface area contributed by atoms with E-state index >= 15 is 0 Å². The van der Waals surface area contributed by atoms with Crippen LogP contribution in [0.2, 0.25) is 0 Å². The molecule has 2 aromatic rings. The Morgan fingerprint density at radius 1 is 1.30 bits per heavy atom. The lowest BCUT2D eigenvalue weighted by molar-refractivity contribution is -0.385. The summed E-state index contributed by atoms with van der Waals surface area (Å²) < 4.78 is 16.0. The summed E-state index contributed by atoms with van der Waals surface area (Å²) in [7, 11) is 0. The fourth-order valence-electron chi connectivity index (χ4n) is 3.60. The second-order valence-corrected chi connectivity index (χ2v) is 7.31. The van der Waals surface area contributed by atoms with Crippen molar-refractivity contribution in [1.29, 1.82) is 0 Å². The van der Waals surface area contributed by atoms with Crippen molar-refractivity contribution in [2.45, 2.75) is 26.6 Å². The van der Waals surface area contributed by atoms with Gasteiger partial charge in [-0.3, -0.25) is 19.7 Å². The van der Waals surface area contributed by atoms with E-state index in [0.29, 0.717) is 16.9 Å². The lowest BCUT2D eigenvalue weighted by Crippen LogP contribution is -2.26. The van der Waals surface area contributed by atoms with E-state index in [0.717, 1.165) is 11.3 Å². The third-order valence-electron chi connectivity index (χ3n) is 5.16. The minimum absolute atomic E-state index is 0.0222. The number of ether oxygens (including phenoxy) is 3. The minimum Gasteiger partial charge on any atom is -0.467 e. The molecule has 9 nitrogen and oxygen atoms in total. The number of hydrogen-bond donors (Lipinski definition) is 0. The first kappa shape index (κ1) is 19.8. The first-order chi connectivity index (χ1) is 14.4. The summed E-state index contributed by atoms with van der Waals surface area (Å²) in [5.74, 6) is -0.833. The van der Waals surface area contributed by atoms with E-state index in [4.69, 9.17) is 14.2 Å². The molecular formula is C21H20N2O7. The molecule has 30 heavy (non-hydrogen) atoms. The highest BCUT2D eigenvalue weighted by Gasteiger charge is 2.36. The van der Waals surface area contributed by atoms with Crippen LogP contribution in [0.1, 0.15) is 23.1 Å². The van der Waals surface area contributed by atoms with Crippen LogP contribution < -0.4 is 9.64 Å². The smallest absolute Gasteiger partial charge is 0.311 e. The maximum atomic E-state index is 12.6. The van der Waals surface area contributed by atoms with E-state index in [1.54, 1.807) is 4.90 Å². The Hall–Kier alpha value is -3.46. The summed E-state index contributed by atoms with van der Waals surface area (Å²) in [5.41, 5.74) is 2.62. The number of anilines is 1. The van der Waals surface area contributed by atoms with Crippen LogP contribution >= 0.6 is 0 Å². The molecule has 9 heteroatoms. The van der Waals surface area contributed by atoms with Crippen LogP contribution in [0.3, 0.4) is 0 Å². The fourth-order valence-corrected chi connectivity index (χ4v) is 3.60. The lowest BCUT2D eigenvalue weighted by atomic mass is 10.1. The van der Waals surface area contributed by atoms with Crippen molar-refractivity contribution < 1.29 is 28.7 Å². The molecule has 1 fully saturated rings. The Morgan fingerprint density at radius 3 is 2.80 bits per heavy atom. The number of hydrogen-bond acceptors (Lipinski definition) is 7. The van der Waals surface area contributed by atoms with Crippen LogP contribution in [0.15, 0.2) is 36.4 Å². The van der Waals surface area contributed by atoms with E-state index in [2.05, 4.69) is 0 Å². The van der Waals surface area contributed by atoms with Crippen LogP contribution in [-0.4, -0.2) is 30.1 Å². The number of esters is 1. The topological polar surface area (TPSA) is 108 Å². The van der Waals surface area contributed by atoms with Crippen LogP contribution in [0.4, 0.5) is 11.4 Å². The summed E-state index contributed by atoms with van der Waals surface area (Å²) in [5, 5.41) is 11.2. The molecule has 0 unspecified atom stereocenters. The number of non-ortho nitro benzene ring substituents is 1. The maximum absolute atomic E-state index is 12.6. The van der Waals surface area contributed by atoms with E-state index < -0.39 is 16.8 Å². The second kappa shape index (κ2) is 8.11. The number of aryl methyl sites for hydroxylation is 1. The first-order valence-corrected chi connectivity index (χ1v) is 9.47. The summed E-state index contributed by atoms with van der Waals surface area (Å²) >= 11 is 0. The van der Waals surface area contributed by atoms with E-state index in [1.807, 2.05) is 31.2 Å². The molecule has 0 saturated carbocycles. The van der Waals surface area contributed by atoms with Gasteiger partial charge in [-0.1, -0.05) is 17.7 Å². The number of amides is 1. The van der Waals surface area contributed by atoms with Crippen molar-refractivity contribution in [3.63, 3.8) is 0 Å². The average molecular weight is 412 g/mol. The maximum Gasteiger partial charge on any atom is 0.311 e. The van der Waals surface area contributed by atoms with Gasteiger partial charge in [0.2, 0.25) is 5.91 Å². The van der Waals surface area contributed by atoms with Crippen LogP contribution in [0, 0.1) is 23.0 Å². The van der Waals surface area contributed by atoms with E-state index in [1.165, 1.54) is 12.1 Å². The molecule has 0 aliphatic carbocycles. The summed E-state index contributed by atoms with van der Waals surface area (Å²) in [6.45, 7) is 2.21. The molecule has 1 saturated heterocycles. The van der Waals surface area contributed by atoms with Gasteiger partial charge in [0.25, 0.3) is 5.69 Å². The molecule has 1 atom stereocenters. The Kier molecular flexibility index (Phi) is 5.37. The normalized spacial score (nSPS) is 18.0. The van der Waals surface area contributed by atoms with Gasteiger partial charge >= 0.3 is 5.97 Å². The highest BCUT2D eigenvalue weighted by Crippen LogP contribution is 2.33. The molecule has 0 bridgehead atoms. The van der Waals surface area contributed by atoms with Crippen molar-refractivity contribution in [3.05, 3.63) is 63.2 Å². The molecule has 0 N–H and O–H groups in total. The zero-order valence-corrected chi connectivity index (χ0v) is 16.3. The van der Waals surface area contributed by atoms with Crippen LogP contribution in [0.5, 0.6) is 5.75 Å². The number of carbonyl (C=O) groups is 2. The number of carbonyl (C=O) groups excluding carboxylic acids is 2. The van der Waals surface area contributed by atoms with Crippen LogP contribution in [-0.2, 0) is 32.3 Å². The molecule has 0 radical (unpaired) electrons. The number of nitrogens with zero attached hydrogens (tertiary/aromatic N) is 2. The highest BCUT2D eigenvalue weighted by molar-refractivity contribution is 5.99. The summed E-state index contributed by atoms with van der Waals surface area (Å²) in [6, 6.07) is 10.2. The molecular weight excluding hydrogens is 392 g/mol. The van der Waals surface area contributed by atoms with Crippen molar-refractivity contribution in [2.75, 3.05) is 18.2 Å². The number of nitro benzene ring substituents is 1. The predicted molar refractivity (Wildman–Crippen MR) is 105 cm³/mol. The molecule has 0 aromatic heterocycles. The molecule has 2 heterocycles. The van der Waals surface area contributed by atoms with Gasteiger partial charge < -0.3 is 19.1 Å². The number of fused-ring (bicyclic) bond motifs is 1. The van der Waals surface area contributed by atoms with Gasteiger partial charge in [0.1, 0.15) is 12.4 Å². The van der Waals surface area contributed by atoms with Gasteiger partial charge in [-0.2, -0.15) is 0 Å². The zero-order chi connectivity index (χ0) is 21.3. The summed E-state index contributed by atoms with van der Waals surface area (Å²) in [4.78, 5) is 37.2. The van der Waals surface area contributed by atoms with Gasteiger partial charge in [-0.15, -0.1) is 0 Å². The third-order valence-corrected chi connectivity index (χ3v) is 5.16. The average Bonchev–Trinajstić information content (AvgIpc) is 3.13. The molecule has 156 valence electrons. The number of nitro groups is 1. The van der Waals surface area contributed by atoms with Gasteiger partial charge in [0.15, 0.2) is 6.79 Å². The van der Waals surface area contributed by atoms with Crippen molar-refractivity contribution in [2.24, 2.45) is 5.92 Å². The molecule has 2 aliphatic heterocycles. The standard InChI is InChI=1S/C21H20N2O7/c1-13-2-4-17(5-3-13)22-9-14(8-19(22)24)21(25)29-11-16-7-18(23(26)27)6-15-10-28-12-30-20(15)16/h2-7,14H,8-12H2,1H3/t14-/m0/s1. The Balaban J connectivity index is 1.45. The predicted octanol–water partition coefficient (Wildman–Crippen LogP) is 2.87. The second-order valence-electron chi connectivity index (χ2n) is 7.31. The van der Waals surface area contributed by atoms with Gasteiger partial charge in [0.05, 0.1) is 17.4 Å². The Bertz CT molecular complexity index is 1000. The summed E-state index contributed by atoms with van der Waals surface area (Å²) in [6.07, 6.45) is 0.0596. The SMILES string of the molecule is Cc1ccc(N2C[C@@H](C(=O)OCc3cc([N+](=O)[O-])cc4c3OCOC4)CC2=O)cc1. The fraction of sp³-hybridized carbons (Fsp3) is 0.333. The first-order valence-electron chi connectivity index (χ1n) is 9.47. The number of benzene rings is 2. The number of rotatable bonds is 5. The highest BCUT2D eigenvalue weighted by atomic mass is 16.7. The van der Waals surface area contributed by atoms with Crippen molar-refractivity contribution in [1.82, 2.24) is 0 Å². The lowest BCUT2D eigenvalue weighted by Gasteiger charge is -2.21. The molecule has 0 spiro atoms. The van der Waals surface area contributed by atoms with Crippen molar-refractivity contribution in [3.8, 4) is 5.75 Å². The monoisotopic (exact) mass is 412 g/mol. The van der Waals surface area contributed by atoms with E-state index in [9.17, 15) is 19.7 Å². The molecule has 4 rings (SSSR count). The quantitative estimate of drug-likeness (QED) is 0.422. The van der Waals surface area contributed by atoms with E-state index in [-0.39, 0.29) is 44.6 Å². The molecule has 1 amide bonds. The molecule has 2 aliphatic rings. The van der Waals surface area contributed by atoms with Crippen LogP contribution in [0.25, 0.3) is 0 Å². The zero-order valence-electron chi connectivity index (χ0n) is 16.3. The largest absolute Gasteiger partial charge is 0.467 e. The third kappa shape index (κ3) is 3.97. The minimum atomic E-state index is -0.599. The van der Waals surface area contributed by atoms with Gasteiger partial charge in [0, 0.05) is 41.9 Å². The van der Waals surface area contributed by atoms with Gasteiger partial charge in [-0.05, 0) is 19.1 Å². The Morgan fingerprint density at radius 2 is 2.07 bits per heavy atom.